The Morgan fingerprint density at radius 2 is 1.53 bits per heavy atom. The Bertz CT molecular complexity index is 1450. The second kappa shape index (κ2) is 12.6. The van der Waals surface area contributed by atoms with Crippen LogP contribution in [0.1, 0.15) is 106 Å². The third kappa shape index (κ3) is 5.53. The SMILES string of the molecule is CC(C)C(OC(=O)N1CCC1)C1C[C@@H](C)[C@H]2C(O1)[C@H](O)[C@@]1(C)C3CC[C@H]4C(C)(C)C(OC(=O)N5CCN(CC(F)(F)F)CC5)CCC45CC35CCC21C. The first kappa shape index (κ1) is 38.1. The maximum atomic E-state index is 13.4. The summed E-state index contributed by atoms with van der Waals surface area (Å²) in [7, 11) is 0. The first-order valence-electron chi connectivity index (χ1n) is 20.8. The number of alkyl halides is 3. The number of carbonyl (C=O) groups is 2. The predicted octanol–water partition coefficient (Wildman–Crippen LogP) is 7.35. The molecule has 2 spiro atoms. The van der Waals surface area contributed by atoms with Crippen molar-refractivity contribution in [3.8, 4) is 0 Å². The lowest BCUT2D eigenvalue weighted by molar-refractivity contribution is -0.186. The van der Waals surface area contributed by atoms with E-state index in [1.165, 1.54) is 4.90 Å². The Hall–Kier alpha value is -1.79. The standard InChI is InChI=1S/C41H64F3N3O6/c1-24(2)31(53-35(50)46-15-8-16-46)26-21-25(3)30-32(51-26)33(48)38(7)28-10-9-27-36(4,5)29(11-12-39(27)22-40(28,39)14-13-37(30,38)6)52-34(49)47-19-17-45(18-20-47)23-41(42,43)44/h24-33,48H,8-23H2,1-7H3/t25-,26?,27+,28?,29?,30+,31?,32?,33+,37?,38-,39?,40?/m1/s1. The highest BCUT2D eigenvalue weighted by atomic mass is 19.4. The molecule has 5 saturated carbocycles. The fourth-order valence-electron chi connectivity index (χ4n) is 14.6. The van der Waals surface area contributed by atoms with Gasteiger partial charge in [0.05, 0.1) is 24.9 Å². The van der Waals surface area contributed by atoms with Crippen LogP contribution in [0.3, 0.4) is 0 Å². The molecule has 300 valence electrons. The molecular formula is C41H64F3N3O6. The second-order valence-corrected chi connectivity index (χ2v) is 20.2. The number of fused-ring (bicyclic) bond motifs is 4. The van der Waals surface area contributed by atoms with Crippen LogP contribution in [0.5, 0.6) is 0 Å². The van der Waals surface area contributed by atoms with Crippen molar-refractivity contribution >= 4 is 12.2 Å². The van der Waals surface area contributed by atoms with Gasteiger partial charge in [0, 0.05) is 50.1 Å². The summed E-state index contributed by atoms with van der Waals surface area (Å²) in [5, 5.41) is 12.7. The van der Waals surface area contributed by atoms with E-state index in [-0.39, 0.29) is 95.6 Å². The fraction of sp³-hybridized carbons (Fsp3) is 0.951. The Balaban J connectivity index is 0.972. The lowest BCUT2D eigenvalue weighted by Crippen LogP contribution is -2.60. The third-order valence-electron chi connectivity index (χ3n) is 17.4. The van der Waals surface area contributed by atoms with Gasteiger partial charge >= 0.3 is 18.4 Å². The van der Waals surface area contributed by atoms with Gasteiger partial charge in [0.15, 0.2) is 0 Å². The van der Waals surface area contributed by atoms with Crippen LogP contribution >= 0.6 is 0 Å². The third-order valence-corrected chi connectivity index (χ3v) is 17.4. The van der Waals surface area contributed by atoms with E-state index in [1.807, 2.05) is 0 Å². The Morgan fingerprint density at radius 3 is 2.15 bits per heavy atom. The number of amides is 2. The van der Waals surface area contributed by atoms with Crippen LogP contribution < -0.4 is 0 Å². The molecule has 9 nitrogen and oxygen atoms in total. The number of halogens is 3. The minimum absolute atomic E-state index is 0.0813. The minimum atomic E-state index is -4.25. The van der Waals surface area contributed by atoms with Crippen LogP contribution in [0.15, 0.2) is 0 Å². The molecule has 0 aromatic rings. The molecule has 8 unspecified atom stereocenters. The second-order valence-electron chi connectivity index (χ2n) is 20.2. The van der Waals surface area contributed by atoms with Crippen LogP contribution in [0.25, 0.3) is 0 Å². The topological polar surface area (TPSA) is 91.8 Å². The van der Waals surface area contributed by atoms with Crippen LogP contribution in [-0.4, -0.2) is 115 Å². The molecule has 0 aromatic carbocycles. The van der Waals surface area contributed by atoms with Gasteiger partial charge < -0.3 is 29.1 Å². The Labute approximate surface area is 314 Å². The average Bonchev–Trinajstić information content (AvgIpc) is 3.68. The van der Waals surface area contributed by atoms with E-state index in [1.54, 1.807) is 9.80 Å². The van der Waals surface area contributed by atoms with Crippen LogP contribution in [0.4, 0.5) is 22.8 Å². The predicted molar refractivity (Wildman–Crippen MR) is 192 cm³/mol. The lowest BCUT2D eigenvalue weighted by atomic mass is 9.41. The molecule has 1 N–H and O–H groups in total. The van der Waals surface area contributed by atoms with Gasteiger partial charge in [0.1, 0.15) is 12.2 Å². The van der Waals surface area contributed by atoms with Crippen molar-refractivity contribution in [1.29, 1.82) is 0 Å². The number of hydrogen-bond donors (Lipinski definition) is 1. The van der Waals surface area contributed by atoms with E-state index in [2.05, 4.69) is 48.5 Å². The normalized spacial score (nSPS) is 46.6. The van der Waals surface area contributed by atoms with Gasteiger partial charge in [-0.25, -0.2) is 9.59 Å². The largest absolute Gasteiger partial charge is 0.446 e. The first-order chi connectivity index (χ1) is 24.8. The molecule has 0 aromatic heterocycles. The monoisotopic (exact) mass is 751 g/mol. The molecule has 8 rings (SSSR count). The molecule has 12 heteroatoms. The van der Waals surface area contributed by atoms with E-state index in [0.717, 1.165) is 70.9 Å². The van der Waals surface area contributed by atoms with Crippen LogP contribution in [-0.2, 0) is 14.2 Å². The number of ether oxygens (including phenoxy) is 3. The number of likely N-dealkylation sites (tertiary alicyclic amines) is 1. The summed E-state index contributed by atoms with van der Waals surface area (Å²) in [6.45, 7) is 17.3. The van der Waals surface area contributed by atoms with Crippen molar-refractivity contribution < 1.29 is 42.1 Å². The van der Waals surface area contributed by atoms with Gasteiger partial charge in [-0.3, -0.25) is 4.90 Å². The summed E-state index contributed by atoms with van der Waals surface area (Å²) in [6.07, 6.45) is 2.38. The van der Waals surface area contributed by atoms with E-state index < -0.39 is 24.9 Å². The molecule has 53 heavy (non-hydrogen) atoms. The molecular weight excluding hydrogens is 687 g/mol. The van der Waals surface area contributed by atoms with Gasteiger partial charge in [0.2, 0.25) is 0 Å². The minimum Gasteiger partial charge on any atom is -0.446 e. The highest BCUT2D eigenvalue weighted by Gasteiger charge is 2.85. The number of rotatable bonds is 5. The highest BCUT2D eigenvalue weighted by molar-refractivity contribution is 5.69. The zero-order chi connectivity index (χ0) is 38.1. The molecule has 8 aliphatic rings. The van der Waals surface area contributed by atoms with E-state index >= 15 is 0 Å². The zero-order valence-corrected chi connectivity index (χ0v) is 33.1. The summed E-state index contributed by atoms with van der Waals surface area (Å²) >= 11 is 0. The van der Waals surface area contributed by atoms with Gasteiger partial charge in [-0.1, -0.05) is 48.5 Å². The highest BCUT2D eigenvalue weighted by Crippen LogP contribution is 2.89. The number of piperazine rings is 1. The van der Waals surface area contributed by atoms with Crippen molar-refractivity contribution in [3.05, 3.63) is 0 Å². The maximum absolute atomic E-state index is 13.4. The summed E-state index contributed by atoms with van der Waals surface area (Å²) in [4.78, 5) is 31.1. The Morgan fingerprint density at radius 1 is 0.887 bits per heavy atom. The lowest BCUT2D eigenvalue weighted by Gasteiger charge is -2.63. The zero-order valence-electron chi connectivity index (χ0n) is 33.1. The number of nitrogens with zero attached hydrogens (tertiary/aromatic N) is 3. The van der Waals surface area contributed by atoms with E-state index in [4.69, 9.17) is 14.2 Å². The molecule has 0 radical (unpaired) electrons. The van der Waals surface area contributed by atoms with Crippen LogP contribution in [0.2, 0.25) is 0 Å². The fourth-order valence-corrected chi connectivity index (χ4v) is 14.6. The molecule has 3 aliphatic heterocycles. The number of hydrogen-bond acceptors (Lipinski definition) is 7. The summed E-state index contributed by atoms with van der Waals surface area (Å²) in [5.41, 5.74) is -0.333. The average molecular weight is 752 g/mol. The van der Waals surface area contributed by atoms with Gasteiger partial charge in [0.25, 0.3) is 0 Å². The maximum Gasteiger partial charge on any atom is 0.410 e. The van der Waals surface area contributed by atoms with Crippen molar-refractivity contribution in [2.24, 2.45) is 56.7 Å². The van der Waals surface area contributed by atoms with Gasteiger partial charge in [-0.15, -0.1) is 0 Å². The molecule has 0 bridgehead atoms. The molecule has 5 aliphatic carbocycles. The smallest absolute Gasteiger partial charge is 0.410 e. The molecule has 8 fully saturated rings. The first-order valence-corrected chi connectivity index (χ1v) is 20.8. The van der Waals surface area contributed by atoms with Crippen molar-refractivity contribution in [2.75, 3.05) is 45.8 Å². The summed E-state index contributed by atoms with van der Waals surface area (Å²) in [6, 6.07) is 0. The number of carbonyl (C=O) groups excluding carboxylic acids is 2. The van der Waals surface area contributed by atoms with Crippen LogP contribution in [0, 0.1) is 56.7 Å². The van der Waals surface area contributed by atoms with E-state index in [9.17, 15) is 27.9 Å². The van der Waals surface area contributed by atoms with E-state index in [0.29, 0.717) is 17.8 Å². The molecule has 2 amide bonds. The molecule has 13 atom stereocenters. The number of aliphatic hydroxyl groups is 1. The quantitative estimate of drug-likeness (QED) is 0.314. The summed E-state index contributed by atoms with van der Waals surface area (Å²) < 4.78 is 58.2. The van der Waals surface area contributed by atoms with Crippen molar-refractivity contribution in [3.63, 3.8) is 0 Å². The number of aliphatic hydroxyl groups excluding tert-OH is 1. The summed E-state index contributed by atoms with van der Waals surface area (Å²) in [5.74, 6) is 1.40. The molecule has 3 saturated heterocycles. The molecule has 3 heterocycles. The van der Waals surface area contributed by atoms with Crippen molar-refractivity contribution in [2.45, 2.75) is 143 Å². The van der Waals surface area contributed by atoms with Gasteiger partial charge in [-0.2, -0.15) is 13.2 Å². The Kier molecular flexibility index (Phi) is 9.06. The van der Waals surface area contributed by atoms with Gasteiger partial charge in [-0.05, 0) is 104 Å². The van der Waals surface area contributed by atoms with Crippen molar-refractivity contribution in [1.82, 2.24) is 14.7 Å².